The highest BCUT2D eigenvalue weighted by atomic mass is 32.2. The van der Waals surface area contributed by atoms with Gasteiger partial charge >= 0.3 is 5.97 Å². The molecule has 2 aromatic carbocycles. The summed E-state index contributed by atoms with van der Waals surface area (Å²) in [5.41, 5.74) is 1.74. The summed E-state index contributed by atoms with van der Waals surface area (Å²) in [5, 5.41) is 2.69. The molecule has 1 N–H and O–H groups in total. The SMILES string of the molecule is COC(=O)c1ccc(NC(=O)c2cc(S(=O)(=O)N(C)C)ccc2C)cc1. The van der Waals surface area contributed by atoms with Crippen LogP contribution < -0.4 is 5.32 Å². The number of methoxy groups -OCH3 is 1. The number of rotatable bonds is 5. The molecule has 2 aromatic rings. The van der Waals surface area contributed by atoms with Crippen molar-refractivity contribution in [3.05, 3.63) is 59.2 Å². The summed E-state index contributed by atoms with van der Waals surface area (Å²) in [7, 11) is 0.505. The molecule has 0 aliphatic heterocycles. The molecule has 0 heterocycles. The van der Waals surface area contributed by atoms with Crippen LogP contribution in [0.15, 0.2) is 47.4 Å². The van der Waals surface area contributed by atoms with Crippen LogP contribution in [0.3, 0.4) is 0 Å². The average molecular weight is 376 g/mol. The molecule has 0 fully saturated rings. The lowest BCUT2D eigenvalue weighted by Crippen LogP contribution is -2.23. The Labute approximate surface area is 152 Å². The number of nitrogens with one attached hydrogen (secondary N) is 1. The number of hydrogen-bond acceptors (Lipinski definition) is 5. The molecule has 0 bridgehead atoms. The molecule has 0 saturated heterocycles. The first-order chi connectivity index (χ1) is 12.2. The van der Waals surface area contributed by atoms with E-state index in [2.05, 4.69) is 10.1 Å². The molecule has 0 unspecified atom stereocenters. The van der Waals surface area contributed by atoms with Crippen molar-refractivity contribution in [3.8, 4) is 0 Å². The van der Waals surface area contributed by atoms with E-state index < -0.39 is 21.9 Å². The molecule has 26 heavy (non-hydrogen) atoms. The molecule has 0 saturated carbocycles. The fourth-order valence-electron chi connectivity index (χ4n) is 2.22. The molecule has 0 radical (unpaired) electrons. The minimum Gasteiger partial charge on any atom is -0.465 e. The van der Waals surface area contributed by atoms with Crippen LogP contribution in [0.4, 0.5) is 5.69 Å². The van der Waals surface area contributed by atoms with Crippen LogP contribution in [0, 0.1) is 6.92 Å². The number of nitrogens with zero attached hydrogens (tertiary/aromatic N) is 1. The minimum absolute atomic E-state index is 0.0410. The molecule has 1 amide bonds. The smallest absolute Gasteiger partial charge is 0.337 e. The number of sulfonamides is 1. The van der Waals surface area contributed by atoms with Gasteiger partial charge in [0.2, 0.25) is 10.0 Å². The number of aryl methyl sites for hydroxylation is 1. The van der Waals surface area contributed by atoms with Gasteiger partial charge in [-0.3, -0.25) is 4.79 Å². The predicted octanol–water partition coefficient (Wildman–Crippen LogP) is 2.28. The maximum atomic E-state index is 12.5. The van der Waals surface area contributed by atoms with E-state index in [0.717, 1.165) is 4.31 Å². The molecule has 138 valence electrons. The number of carbonyl (C=O) groups is 2. The van der Waals surface area contributed by atoms with E-state index in [4.69, 9.17) is 0 Å². The third kappa shape index (κ3) is 4.09. The van der Waals surface area contributed by atoms with Crippen molar-refractivity contribution < 1.29 is 22.7 Å². The largest absolute Gasteiger partial charge is 0.465 e. The molecular weight excluding hydrogens is 356 g/mol. The van der Waals surface area contributed by atoms with Gasteiger partial charge in [-0.2, -0.15) is 0 Å². The Morgan fingerprint density at radius 2 is 1.65 bits per heavy atom. The van der Waals surface area contributed by atoms with Crippen molar-refractivity contribution in [2.24, 2.45) is 0 Å². The van der Waals surface area contributed by atoms with Gasteiger partial charge < -0.3 is 10.1 Å². The van der Waals surface area contributed by atoms with Crippen molar-refractivity contribution in [1.29, 1.82) is 0 Å². The van der Waals surface area contributed by atoms with Gasteiger partial charge in [0.1, 0.15) is 0 Å². The van der Waals surface area contributed by atoms with E-state index in [1.807, 2.05) is 0 Å². The van der Waals surface area contributed by atoms with Crippen LogP contribution >= 0.6 is 0 Å². The zero-order chi connectivity index (χ0) is 19.5. The van der Waals surface area contributed by atoms with Gasteiger partial charge in [0, 0.05) is 25.3 Å². The second kappa shape index (κ2) is 7.67. The second-order valence-corrected chi connectivity index (χ2v) is 7.94. The Hall–Kier alpha value is -2.71. The third-order valence-corrected chi connectivity index (χ3v) is 5.61. The fourth-order valence-corrected chi connectivity index (χ4v) is 3.15. The number of benzene rings is 2. The van der Waals surface area contributed by atoms with Crippen LogP contribution in [0.1, 0.15) is 26.3 Å². The van der Waals surface area contributed by atoms with E-state index in [0.29, 0.717) is 16.8 Å². The van der Waals surface area contributed by atoms with Gasteiger partial charge in [0.25, 0.3) is 5.91 Å². The summed E-state index contributed by atoms with van der Waals surface area (Å²) in [5.74, 6) is -0.913. The van der Waals surface area contributed by atoms with Gasteiger partial charge in [-0.15, -0.1) is 0 Å². The van der Waals surface area contributed by atoms with Gasteiger partial charge in [0.05, 0.1) is 17.6 Å². The molecule has 8 heteroatoms. The number of carbonyl (C=O) groups excluding carboxylic acids is 2. The number of ether oxygens (including phenoxy) is 1. The molecule has 7 nitrogen and oxygen atoms in total. The van der Waals surface area contributed by atoms with Gasteiger partial charge in [-0.05, 0) is 48.9 Å². The van der Waals surface area contributed by atoms with Crippen molar-refractivity contribution in [2.45, 2.75) is 11.8 Å². The molecule has 0 aromatic heterocycles. The van der Waals surface area contributed by atoms with Crippen molar-refractivity contribution in [3.63, 3.8) is 0 Å². The topological polar surface area (TPSA) is 92.8 Å². The van der Waals surface area contributed by atoms with Gasteiger partial charge in [-0.25, -0.2) is 17.5 Å². The molecule has 0 aliphatic rings. The van der Waals surface area contributed by atoms with Crippen molar-refractivity contribution >= 4 is 27.6 Å². The fraction of sp³-hybridized carbons (Fsp3) is 0.222. The maximum Gasteiger partial charge on any atom is 0.337 e. The lowest BCUT2D eigenvalue weighted by Gasteiger charge is -2.14. The van der Waals surface area contributed by atoms with Crippen LogP contribution in [0.2, 0.25) is 0 Å². The van der Waals surface area contributed by atoms with Crippen molar-refractivity contribution in [1.82, 2.24) is 4.31 Å². The van der Waals surface area contributed by atoms with E-state index in [1.165, 1.54) is 45.5 Å². The maximum absolute atomic E-state index is 12.5. The molecule has 0 atom stereocenters. The Balaban J connectivity index is 2.28. The number of hydrogen-bond donors (Lipinski definition) is 1. The number of esters is 1. The lowest BCUT2D eigenvalue weighted by molar-refractivity contribution is 0.0600. The van der Waals surface area contributed by atoms with Crippen LogP contribution in [-0.4, -0.2) is 45.8 Å². The lowest BCUT2D eigenvalue weighted by atomic mass is 10.1. The van der Waals surface area contributed by atoms with Gasteiger partial charge in [0.15, 0.2) is 0 Å². The van der Waals surface area contributed by atoms with Crippen LogP contribution in [0.25, 0.3) is 0 Å². The van der Waals surface area contributed by atoms with E-state index in [1.54, 1.807) is 25.1 Å². The first-order valence-corrected chi connectivity index (χ1v) is 9.13. The Kier molecular flexibility index (Phi) is 5.79. The molecular formula is C18H20N2O5S. The molecule has 0 aliphatic carbocycles. The second-order valence-electron chi connectivity index (χ2n) is 5.79. The monoisotopic (exact) mass is 376 g/mol. The van der Waals surface area contributed by atoms with E-state index in [-0.39, 0.29) is 10.5 Å². The quantitative estimate of drug-likeness (QED) is 0.808. The first-order valence-electron chi connectivity index (χ1n) is 7.69. The third-order valence-electron chi connectivity index (χ3n) is 3.80. The number of anilines is 1. The summed E-state index contributed by atoms with van der Waals surface area (Å²) in [4.78, 5) is 24.0. The Morgan fingerprint density at radius 1 is 1.04 bits per heavy atom. The zero-order valence-corrected chi connectivity index (χ0v) is 15.8. The molecule has 0 spiro atoms. The van der Waals surface area contributed by atoms with Gasteiger partial charge in [-0.1, -0.05) is 6.07 Å². The highest BCUT2D eigenvalue weighted by Crippen LogP contribution is 2.20. The highest BCUT2D eigenvalue weighted by Gasteiger charge is 2.20. The Bertz CT molecular complexity index is 935. The summed E-state index contributed by atoms with van der Waals surface area (Å²) in [6.07, 6.45) is 0. The molecule has 2 rings (SSSR count). The predicted molar refractivity (Wildman–Crippen MR) is 97.8 cm³/mol. The van der Waals surface area contributed by atoms with Crippen molar-refractivity contribution in [2.75, 3.05) is 26.5 Å². The minimum atomic E-state index is -3.64. The van der Waals surface area contributed by atoms with E-state index in [9.17, 15) is 18.0 Å². The standard InChI is InChI=1S/C18H20N2O5S/c1-12-5-10-15(26(23,24)20(2)3)11-16(12)17(21)19-14-8-6-13(7-9-14)18(22)25-4/h5-11H,1-4H3,(H,19,21). The zero-order valence-electron chi connectivity index (χ0n) is 14.9. The summed E-state index contributed by atoms with van der Waals surface area (Å²) in [6, 6.07) is 10.6. The number of amides is 1. The summed E-state index contributed by atoms with van der Waals surface area (Å²) in [6.45, 7) is 1.72. The van der Waals surface area contributed by atoms with Crippen LogP contribution in [0.5, 0.6) is 0 Å². The van der Waals surface area contributed by atoms with E-state index >= 15 is 0 Å². The average Bonchev–Trinajstić information content (AvgIpc) is 2.61. The summed E-state index contributed by atoms with van der Waals surface area (Å²) >= 11 is 0. The van der Waals surface area contributed by atoms with Crippen LogP contribution in [-0.2, 0) is 14.8 Å². The first kappa shape index (κ1) is 19.6. The highest BCUT2D eigenvalue weighted by molar-refractivity contribution is 7.89. The Morgan fingerprint density at radius 3 is 2.19 bits per heavy atom. The normalized spacial score (nSPS) is 11.3. The summed E-state index contributed by atoms with van der Waals surface area (Å²) < 4.78 is 30.2.